The molecule has 3 atom stereocenters. The van der Waals surface area contributed by atoms with Crippen molar-refractivity contribution in [2.24, 2.45) is 0 Å². The molecule has 0 spiro atoms. The van der Waals surface area contributed by atoms with Gasteiger partial charge in [-0.3, -0.25) is 0 Å². The zero-order chi connectivity index (χ0) is 12.6. The molecule has 90 valence electrons. The van der Waals surface area contributed by atoms with Crippen LogP contribution >= 0.6 is 0 Å². The van der Waals surface area contributed by atoms with Gasteiger partial charge < -0.3 is 9.58 Å². The van der Waals surface area contributed by atoms with Gasteiger partial charge in [0.2, 0.25) is 13.4 Å². The molecule has 3 nitrogen and oxygen atoms in total. The fraction of sp³-hybridized carbons (Fsp3) is 0.500. The summed E-state index contributed by atoms with van der Waals surface area (Å²) < 4.78 is 5.82. The number of rotatable bonds is 1. The molecule has 0 amide bonds. The minimum atomic E-state index is -0.903. The molecule has 2 radical (unpaired) electrons. The topological polar surface area (TPSA) is 16.8 Å². The van der Waals surface area contributed by atoms with E-state index in [1.807, 2.05) is 18.2 Å². The van der Waals surface area contributed by atoms with E-state index in [-0.39, 0.29) is 12.3 Å². The van der Waals surface area contributed by atoms with Crippen LogP contribution in [0.2, 0.25) is 0 Å². The molecular weight excluding hydrogens is 223 g/mol. The summed E-state index contributed by atoms with van der Waals surface area (Å²) in [5, 5.41) is 0. The van der Waals surface area contributed by atoms with E-state index in [4.69, 9.17) is 19.2 Å². The zero-order valence-electron chi connectivity index (χ0n) is 10.2. The zero-order valence-corrected chi connectivity index (χ0v) is 10.2. The Morgan fingerprint density at radius 3 is 2.89 bits per heavy atom. The van der Waals surface area contributed by atoms with E-state index in [1.165, 1.54) is 5.56 Å². The highest BCUT2D eigenvalue weighted by molar-refractivity contribution is 6.16. The van der Waals surface area contributed by atoms with Gasteiger partial charge in [0.25, 0.3) is 0 Å². The minimum Gasteiger partial charge on any atom is -0.361 e. The van der Waals surface area contributed by atoms with Crippen LogP contribution in [0.3, 0.4) is 0 Å². The summed E-state index contributed by atoms with van der Waals surface area (Å²) in [5.41, 5.74) is 0.278. The third-order valence-corrected chi connectivity index (χ3v) is 3.91. The summed E-state index contributed by atoms with van der Waals surface area (Å²) >= 11 is 0. The van der Waals surface area contributed by atoms with Crippen molar-refractivity contribution in [1.82, 2.24) is 4.90 Å². The van der Waals surface area contributed by atoms with Gasteiger partial charge in [0.1, 0.15) is 6.23 Å². The average Bonchev–Trinajstić information content (AvgIpc) is 2.85. The molecular formula is C14H15BN2O. The van der Waals surface area contributed by atoms with Crippen LogP contribution in [0.1, 0.15) is 30.9 Å². The van der Waals surface area contributed by atoms with Gasteiger partial charge >= 0.3 is 0 Å². The molecule has 2 saturated heterocycles. The first kappa shape index (κ1) is 11.8. The number of fused-ring (bicyclic) bond motifs is 1. The van der Waals surface area contributed by atoms with Gasteiger partial charge in [0, 0.05) is 6.42 Å². The van der Waals surface area contributed by atoms with Crippen molar-refractivity contribution >= 4 is 7.85 Å². The van der Waals surface area contributed by atoms with Crippen LogP contribution in [0.5, 0.6) is 0 Å². The maximum absolute atomic E-state index is 7.40. The maximum Gasteiger partial charge on any atom is 0.236 e. The monoisotopic (exact) mass is 238 g/mol. The van der Waals surface area contributed by atoms with Crippen molar-refractivity contribution in [3.05, 3.63) is 47.3 Å². The summed E-state index contributed by atoms with van der Waals surface area (Å²) in [6.07, 6.45) is 2.65. The smallest absolute Gasteiger partial charge is 0.236 e. The van der Waals surface area contributed by atoms with Crippen LogP contribution < -0.4 is 0 Å². The number of ether oxygens (including phenoxy) is 1. The SMILES string of the molecule is [B]C1([N+]#[C-])CCCC2OCC(c3ccccc3)N21. The number of benzene rings is 1. The lowest BCUT2D eigenvalue weighted by Crippen LogP contribution is -2.53. The minimum absolute atomic E-state index is 0.00283. The Morgan fingerprint density at radius 2 is 2.17 bits per heavy atom. The quantitative estimate of drug-likeness (QED) is 0.551. The van der Waals surface area contributed by atoms with Gasteiger partial charge in [-0.1, -0.05) is 30.3 Å². The molecule has 2 fully saturated rings. The molecule has 18 heavy (non-hydrogen) atoms. The maximum atomic E-state index is 7.40. The Morgan fingerprint density at radius 1 is 1.39 bits per heavy atom. The molecule has 2 aliphatic rings. The highest BCUT2D eigenvalue weighted by Crippen LogP contribution is 2.43. The first-order valence-corrected chi connectivity index (χ1v) is 6.37. The van der Waals surface area contributed by atoms with Crippen molar-refractivity contribution in [3.63, 3.8) is 0 Å². The normalized spacial score (nSPS) is 35.9. The van der Waals surface area contributed by atoms with E-state index in [1.54, 1.807) is 0 Å². The molecule has 3 unspecified atom stereocenters. The third-order valence-electron chi connectivity index (χ3n) is 3.91. The molecule has 2 aliphatic heterocycles. The highest BCUT2D eigenvalue weighted by Gasteiger charge is 2.52. The van der Waals surface area contributed by atoms with Gasteiger partial charge in [0.05, 0.1) is 12.6 Å². The molecule has 2 heterocycles. The summed E-state index contributed by atoms with van der Waals surface area (Å²) in [6.45, 7) is 8.03. The summed E-state index contributed by atoms with van der Waals surface area (Å²) in [6, 6.07) is 10.3. The molecule has 0 aromatic heterocycles. The van der Waals surface area contributed by atoms with Crippen molar-refractivity contribution in [2.75, 3.05) is 6.61 Å². The van der Waals surface area contributed by atoms with Crippen molar-refractivity contribution in [3.8, 4) is 0 Å². The Kier molecular flexibility index (Phi) is 2.89. The second-order valence-corrected chi connectivity index (χ2v) is 5.00. The fourth-order valence-corrected chi connectivity index (χ4v) is 3.02. The molecule has 0 N–H and O–H groups in total. The molecule has 0 aliphatic carbocycles. The Balaban J connectivity index is 1.96. The van der Waals surface area contributed by atoms with Gasteiger partial charge in [-0.15, -0.1) is 0 Å². The van der Waals surface area contributed by atoms with Gasteiger partial charge in [-0.2, -0.15) is 0 Å². The van der Waals surface area contributed by atoms with Gasteiger partial charge in [-0.05, 0) is 18.4 Å². The Hall–Kier alpha value is -1.31. The molecule has 1 aromatic carbocycles. The summed E-state index contributed by atoms with van der Waals surface area (Å²) in [7, 11) is 6.26. The number of piperidine rings is 1. The van der Waals surface area contributed by atoms with Crippen LogP contribution in [0.15, 0.2) is 30.3 Å². The van der Waals surface area contributed by atoms with E-state index >= 15 is 0 Å². The van der Waals surface area contributed by atoms with Crippen LogP contribution in [-0.4, -0.2) is 31.1 Å². The first-order chi connectivity index (χ1) is 8.74. The lowest BCUT2D eigenvalue weighted by Gasteiger charge is -2.40. The van der Waals surface area contributed by atoms with Gasteiger partial charge in [-0.25, -0.2) is 11.5 Å². The van der Waals surface area contributed by atoms with Crippen LogP contribution in [0, 0.1) is 6.57 Å². The second kappa shape index (κ2) is 4.42. The van der Waals surface area contributed by atoms with Gasteiger partial charge in [0.15, 0.2) is 0 Å². The number of nitrogens with zero attached hydrogens (tertiary/aromatic N) is 2. The number of hydrogen-bond donors (Lipinski definition) is 0. The highest BCUT2D eigenvalue weighted by atomic mass is 16.5. The molecule has 1 aromatic rings. The van der Waals surface area contributed by atoms with E-state index in [2.05, 4.69) is 21.9 Å². The molecule has 0 bridgehead atoms. The van der Waals surface area contributed by atoms with Crippen molar-refractivity contribution in [1.29, 1.82) is 0 Å². The van der Waals surface area contributed by atoms with Crippen LogP contribution in [0.25, 0.3) is 4.85 Å². The molecule has 0 saturated carbocycles. The van der Waals surface area contributed by atoms with Crippen LogP contribution in [0.4, 0.5) is 0 Å². The predicted octanol–water partition coefficient (Wildman–Crippen LogP) is 2.31. The van der Waals surface area contributed by atoms with Crippen molar-refractivity contribution < 1.29 is 4.74 Å². The molecule has 4 heteroatoms. The van der Waals surface area contributed by atoms with E-state index in [0.29, 0.717) is 6.61 Å². The lowest BCUT2D eigenvalue weighted by atomic mass is 9.77. The average molecular weight is 238 g/mol. The Bertz CT molecular complexity index is 472. The molecule has 3 rings (SSSR count). The van der Waals surface area contributed by atoms with E-state index in [0.717, 1.165) is 19.3 Å². The fourth-order valence-electron chi connectivity index (χ4n) is 3.02. The predicted molar refractivity (Wildman–Crippen MR) is 69.7 cm³/mol. The first-order valence-electron chi connectivity index (χ1n) is 6.37. The summed E-state index contributed by atoms with van der Waals surface area (Å²) in [4.78, 5) is 5.74. The largest absolute Gasteiger partial charge is 0.361 e. The number of hydrogen-bond acceptors (Lipinski definition) is 2. The Labute approximate surface area is 109 Å². The third kappa shape index (κ3) is 1.75. The lowest BCUT2D eigenvalue weighted by molar-refractivity contribution is -0.0277. The van der Waals surface area contributed by atoms with E-state index in [9.17, 15) is 0 Å². The standard InChI is InChI=1S/C14H15BN2O/c1-16-14(15)9-5-8-13-17(14)12(10-18-13)11-6-3-2-4-7-11/h2-4,6-7,12-13H,5,8-10H2. The van der Waals surface area contributed by atoms with E-state index < -0.39 is 5.56 Å². The van der Waals surface area contributed by atoms with Crippen molar-refractivity contribution in [2.45, 2.75) is 37.1 Å². The second-order valence-electron chi connectivity index (χ2n) is 5.00. The summed E-state index contributed by atoms with van der Waals surface area (Å²) in [5.74, 6) is 0. The van der Waals surface area contributed by atoms with Crippen LogP contribution in [-0.2, 0) is 4.74 Å².